The molecule has 0 amide bonds. The average molecular weight is 220 g/mol. The standard InChI is InChI=1S/C13H20N2O/c1-16-13-10-12(14)5-4-11(13)6-9-15-7-2-3-8-15/h4-5,10H,2-3,6-9,14H2,1H3. The van der Waals surface area contributed by atoms with Crippen LogP contribution in [0.5, 0.6) is 5.75 Å². The maximum Gasteiger partial charge on any atom is 0.124 e. The molecule has 1 aromatic carbocycles. The minimum Gasteiger partial charge on any atom is -0.496 e. The number of nitrogens with two attached hydrogens (primary N) is 1. The first kappa shape index (κ1) is 11.3. The maximum atomic E-state index is 5.73. The van der Waals surface area contributed by atoms with Gasteiger partial charge in [-0.25, -0.2) is 0 Å². The molecule has 0 spiro atoms. The lowest BCUT2D eigenvalue weighted by Gasteiger charge is -2.15. The zero-order valence-electron chi connectivity index (χ0n) is 9.91. The van der Waals surface area contributed by atoms with Crippen molar-refractivity contribution in [1.29, 1.82) is 0 Å². The average Bonchev–Trinajstić information content (AvgIpc) is 2.80. The molecule has 1 heterocycles. The van der Waals surface area contributed by atoms with Gasteiger partial charge in [0.25, 0.3) is 0 Å². The van der Waals surface area contributed by atoms with Gasteiger partial charge in [-0.2, -0.15) is 0 Å². The van der Waals surface area contributed by atoms with Crippen LogP contribution < -0.4 is 10.5 Å². The Kier molecular flexibility index (Phi) is 3.67. The molecule has 0 aliphatic carbocycles. The van der Waals surface area contributed by atoms with Gasteiger partial charge in [-0.3, -0.25) is 0 Å². The smallest absolute Gasteiger partial charge is 0.124 e. The fourth-order valence-corrected chi connectivity index (χ4v) is 2.25. The minimum atomic E-state index is 0.766. The number of benzene rings is 1. The Hall–Kier alpha value is -1.22. The highest BCUT2D eigenvalue weighted by Crippen LogP contribution is 2.22. The van der Waals surface area contributed by atoms with E-state index >= 15 is 0 Å². The number of likely N-dealkylation sites (tertiary alicyclic amines) is 1. The molecule has 16 heavy (non-hydrogen) atoms. The second-order valence-electron chi connectivity index (χ2n) is 4.37. The Labute approximate surface area is 97.2 Å². The molecule has 2 rings (SSSR count). The van der Waals surface area contributed by atoms with Crippen molar-refractivity contribution in [3.8, 4) is 5.75 Å². The highest BCUT2D eigenvalue weighted by Gasteiger charge is 2.12. The molecule has 3 nitrogen and oxygen atoms in total. The number of methoxy groups -OCH3 is 1. The van der Waals surface area contributed by atoms with Crippen molar-refractivity contribution in [2.75, 3.05) is 32.5 Å². The van der Waals surface area contributed by atoms with Gasteiger partial charge in [0, 0.05) is 18.3 Å². The molecule has 0 bridgehead atoms. The van der Waals surface area contributed by atoms with Gasteiger partial charge in [0.1, 0.15) is 5.75 Å². The zero-order valence-corrected chi connectivity index (χ0v) is 9.91. The van der Waals surface area contributed by atoms with Crippen molar-refractivity contribution in [2.45, 2.75) is 19.3 Å². The first-order valence-electron chi connectivity index (χ1n) is 5.94. The molecule has 1 saturated heterocycles. The van der Waals surface area contributed by atoms with Crippen LogP contribution >= 0.6 is 0 Å². The Bertz CT molecular complexity index is 346. The number of hydrogen-bond acceptors (Lipinski definition) is 3. The van der Waals surface area contributed by atoms with Gasteiger partial charge in [0.2, 0.25) is 0 Å². The van der Waals surface area contributed by atoms with Crippen LogP contribution in [0.2, 0.25) is 0 Å². The largest absolute Gasteiger partial charge is 0.496 e. The third-order valence-corrected chi connectivity index (χ3v) is 3.21. The minimum absolute atomic E-state index is 0.766. The summed E-state index contributed by atoms with van der Waals surface area (Å²) in [5.74, 6) is 0.916. The Balaban J connectivity index is 1.97. The lowest BCUT2D eigenvalue weighted by molar-refractivity contribution is 0.339. The summed E-state index contributed by atoms with van der Waals surface area (Å²) in [5, 5.41) is 0. The van der Waals surface area contributed by atoms with Crippen molar-refractivity contribution >= 4 is 5.69 Å². The first-order chi connectivity index (χ1) is 7.79. The predicted octanol–water partition coefficient (Wildman–Crippen LogP) is 1.92. The predicted molar refractivity (Wildman–Crippen MR) is 66.8 cm³/mol. The maximum absolute atomic E-state index is 5.73. The Morgan fingerprint density at radius 1 is 1.31 bits per heavy atom. The number of nitrogens with zero attached hydrogens (tertiary/aromatic N) is 1. The number of hydrogen-bond donors (Lipinski definition) is 1. The zero-order chi connectivity index (χ0) is 11.4. The molecule has 2 N–H and O–H groups in total. The third kappa shape index (κ3) is 2.67. The molecule has 0 saturated carbocycles. The van der Waals surface area contributed by atoms with Gasteiger partial charge >= 0.3 is 0 Å². The molecule has 1 aromatic rings. The molecular weight excluding hydrogens is 200 g/mol. The first-order valence-corrected chi connectivity index (χ1v) is 5.94. The quantitative estimate of drug-likeness (QED) is 0.788. The van der Waals surface area contributed by atoms with E-state index in [0.29, 0.717) is 0 Å². The normalized spacial score (nSPS) is 16.6. The van der Waals surface area contributed by atoms with Crippen molar-refractivity contribution in [2.24, 2.45) is 0 Å². The molecule has 1 aliphatic heterocycles. The van der Waals surface area contributed by atoms with E-state index < -0.39 is 0 Å². The Morgan fingerprint density at radius 2 is 2.06 bits per heavy atom. The van der Waals surface area contributed by atoms with E-state index in [9.17, 15) is 0 Å². The highest BCUT2D eigenvalue weighted by atomic mass is 16.5. The molecule has 3 heteroatoms. The summed E-state index contributed by atoms with van der Waals surface area (Å²) in [7, 11) is 1.70. The van der Waals surface area contributed by atoms with Crippen molar-refractivity contribution in [3.63, 3.8) is 0 Å². The number of anilines is 1. The second kappa shape index (κ2) is 5.21. The monoisotopic (exact) mass is 220 g/mol. The Morgan fingerprint density at radius 3 is 2.75 bits per heavy atom. The van der Waals surface area contributed by atoms with E-state index in [1.807, 2.05) is 12.1 Å². The lowest BCUT2D eigenvalue weighted by atomic mass is 10.1. The van der Waals surface area contributed by atoms with Crippen molar-refractivity contribution in [3.05, 3.63) is 23.8 Å². The molecule has 1 aliphatic rings. The number of rotatable bonds is 4. The van der Waals surface area contributed by atoms with Crippen LogP contribution in [0.25, 0.3) is 0 Å². The molecule has 0 aromatic heterocycles. The van der Waals surface area contributed by atoms with Crippen LogP contribution in [0.15, 0.2) is 18.2 Å². The van der Waals surface area contributed by atoms with Gasteiger partial charge < -0.3 is 15.4 Å². The molecule has 0 unspecified atom stereocenters. The van der Waals surface area contributed by atoms with Crippen molar-refractivity contribution in [1.82, 2.24) is 4.90 Å². The van der Waals surface area contributed by atoms with Gasteiger partial charge in [-0.15, -0.1) is 0 Å². The van der Waals surface area contributed by atoms with Crippen LogP contribution in [0.4, 0.5) is 5.69 Å². The summed E-state index contributed by atoms with van der Waals surface area (Å²) < 4.78 is 5.34. The van der Waals surface area contributed by atoms with E-state index in [4.69, 9.17) is 10.5 Å². The molecule has 0 radical (unpaired) electrons. The fourth-order valence-electron chi connectivity index (χ4n) is 2.25. The van der Waals surface area contributed by atoms with Crippen LogP contribution in [0.1, 0.15) is 18.4 Å². The van der Waals surface area contributed by atoms with Gasteiger partial charge in [-0.1, -0.05) is 6.07 Å². The van der Waals surface area contributed by atoms with Crippen LogP contribution in [0.3, 0.4) is 0 Å². The molecule has 1 fully saturated rings. The van der Waals surface area contributed by atoms with E-state index in [1.54, 1.807) is 7.11 Å². The van der Waals surface area contributed by atoms with E-state index in [0.717, 1.165) is 24.4 Å². The molecule has 0 atom stereocenters. The van der Waals surface area contributed by atoms with E-state index in [-0.39, 0.29) is 0 Å². The summed E-state index contributed by atoms with van der Waals surface area (Å²) in [6, 6.07) is 5.92. The van der Waals surface area contributed by atoms with E-state index in [2.05, 4.69) is 11.0 Å². The number of nitrogen functional groups attached to an aromatic ring is 1. The van der Waals surface area contributed by atoms with E-state index in [1.165, 1.54) is 31.5 Å². The number of ether oxygens (including phenoxy) is 1. The second-order valence-corrected chi connectivity index (χ2v) is 4.37. The van der Waals surface area contributed by atoms with Crippen LogP contribution in [0, 0.1) is 0 Å². The summed E-state index contributed by atoms with van der Waals surface area (Å²) in [5.41, 5.74) is 7.75. The SMILES string of the molecule is COc1cc(N)ccc1CCN1CCCC1. The van der Waals surface area contributed by atoms with Gasteiger partial charge in [0.15, 0.2) is 0 Å². The van der Waals surface area contributed by atoms with Crippen LogP contribution in [-0.4, -0.2) is 31.6 Å². The topological polar surface area (TPSA) is 38.5 Å². The molecule has 88 valence electrons. The summed E-state index contributed by atoms with van der Waals surface area (Å²) in [4.78, 5) is 2.51. The lowest BCUT2D eigenvalue weighted by Crippen LogP contribution is -2.22. The summed E-state index contributed by atoms with van der Waals surface area (Å²) >= 11 is 0. The summed E-state index contributed by atoms with van der Waals surface area (Å²) in [6.45, 7) is 3.62. The van der Waals surface area contributed by atoms with Gasteiger partial charge in [-0.05, 0) is 44.0 Å². The van der Waals surface area contributed by atoms with Crippen molar-refractivity contribution < 1.29 is 4.74 Å². The highest BCUT2D eigenvalue weighted by molar-refractivity contribution is 5.48. The molecular formula is C13H20N2O. The van der Waals surface area contributed by atoms with Crippen LogP contribution in [-0.2, 0) is 6.42 Å². The summed E-state index contributed by atoms with van der Waals surface area (Å²) in [6.07, 6.45) is 3.74. The van der Waals surface area contributed by atoms with Gasteiger partial charge in [0.05, 0.1) is 7.11 Å². The third-order valence-electron chi connectivity index (χ3n) is 3.21. The fraction of sp³-hybridized carbons (Fsp3) is 0.538.